The smallest absolute Gasteiger partial charge is 0.339 e. The van der Waals surface area contributed by atoms with Gasteiger partial charge < -0.3 is 14.6 Å². The molecular formula is C14H16N2O5. The third kappa shape index (κ3) is 3.71. The van der Waals surface area contributed by atoms with Gasteiger partial charge in [0.15, 0.2) is 0 Å². The summed E-state index contributed by atoms with van der Waals surface area (Å²) in [5.41, 5.74) is 1.18. The molecule has 0 fully saturated rings. The summed E-state index contributed by atoms with van der Waals surface area (Å²) in [6.07, 6.45) is 0.862. The van der Waals surface area contributed by atoms with Crippen molar-refractivity contribution in [1.82, 2.24) is 10.3 Å². The number of nitrogens with zero attached hydrogens (tertiary/aromatic N) is 2. The Hall–Kier alpha value is -2.57. The van der Waals surface area contributed by atoms with Crippen LogP contribution in [0.3, 0.4) is 0 Å². The molecule has 2 rings (SSSR count). The van der Waals surface area contributed by atoms with Crippen molar-refractivity contribution in [3.63, 3.8) is 0 Å². The van der Waals surface area contributed by atoms with E-state index in [1.165, 1.54) is 6.07 Å². The predicted molar refractivity (Wildman–Crippen MR) is 72.6 cm³/mol. The van der Waals surface area contributed by atoms with E-state index in [0.717, 1.165) is 6.42 Å². The summed E-state index contributed by atoms with van der Waals surface area (Å²) in [4.78, 5) is 11.2. The molecule has 7 nitrogen and oxygen atoms in total. The van der Waals surface area contributed by atoms with Crippen molar-refractivity contribution in [3.05, 3.63) is 35.2 Å². The summed E-state index contributed by atoms with van der Waals surface area (Å²) in [5.74, 6) is -0.285. The maximum absolute atomic E-state index is 11.2. The number of carbonyl (C=O) groups is 1. The molecule has 112 valence electrons. The van der Waals surface area contributed by atoms with Crippen LogP contribution >= 0.6 is 0 Å². The second kappa shape index (κ2) is 6.74. The predicted octanol–water partition coefficient (Wildman–Crippen LogP) is 2.44. The fourth-order valence-corrected chi connectivity index (χ4v) is 1.64. The van der Waals surface area contributed by atoms with Gasteiger partial charge in [-0.05, 0) is 25.5 Å². The third-order valence-electron chi connectivity index (χ3n) is 2.77. The number of aromatic nitrogens is 2. The number of carboxylic acid groups (broad SMARTS) is 1. The fraction of sp³-hybridized carbons (Fsp3) is 0.357. The highest BCUT2D eigenvalue weighted by molar-refractivity contribution is 5.91. The monoisotopic (exact) mass is 292 g/mol. The van der Waals surface area contributed by atoms with Crippen molar-refractivity contribution in [1.29, 1.82) is 0 Å². The Kier molecular flexibility index (Phi) is 4.76. The van der Waals surface area contributed by atoms with E-state index in [2.05, 4.69) is 14.9 Å². The molecule has 21 heavy (non-hydrogen) atoms. The van der Waals surface area contributed by atoms with Gasteiger partial charge in [-0.15, -0.1) is 0 Å². The largest absolute Gasteiger partial charge is 0.493 e. The minimum atomic E-state index is -1.07. The molecule has 0 saturated heterocycles. The lowest BCUT2D eigenvalue weighted by atomic mass is 10.2. The number of aryl methyl sites for hydroxylation is 1. The Labute approximate surface area is 121 Å². The average molecular weight is 292 g/mol. The van der Waals surface area contributed by atoms with Crippen molar-refractivity contribution < 1.29 is 24.0 Å². The molecule has 2 aromatic rings. The van der Waals surface area contributed by atoms with Crippen LogP contribution in [0.15, 0.2) is 22.8 Å². The summed E-state index contributed by atoms with van der Waals surface area (Å²) in [6, 6.07) is 4.62. The van der Waals surface area contributed by atoms with Crippen molar-refractivity contribution >= 4 is 5.97 Å². The fourth-order valence-electron chi connectivity index (χ4n) is 1.64. The lowest BCUT2D eigenvalue weighted by Gasteiger charge is -2.11. The van der Waals surface area contributed by atoms with Crippen LogP contribution in [0.2, 0.25) is 0 Å². The lowest BCUT2D eigenvalue weighted by molar-refractivity contribution is 0.0691. The van der Waals surface area contributed by atoms with Gasteiger partial charge in [0.2, 0.25) is 0 Å². The van der Waals surface area contributed by atoms with Crippen LogP contribution in [-0.2, 0) is 6.61 Å². The average Bonchev–Trinajstić information content (AvgIpc) is 2.88. The van der Waals surface area contributed by atoms with Crippen molar-refractivity contribution in [2.45, 2.75) is 26.9 Å². The van der Waals surface area contributed by atoms with Crippen LogP contribution in [0.5, 0.6) is 11.5 Å². The summed E-state index contributed by atoms with van der Waals surface area (Å²) in [7, 11) is 0. The first-order valence-corrected chi connectivity index (χ1v) is 6.52. The zero-order valence-electron chi connectivity index (χ0n) is 11.8. The molecule has 1 N–H and O–H groups in total. The highest BCUT2D eigenvalue weighted by Gasteiger charge is 2.14. The maximum Gasteiger partial charge on any atom is 0.339 e. The quantitative estimate of drug-likeness (QED) is 0.837. The molecule has 0 saturated carbocycles. The molecule has 0 aliphatic rings. The highest BCUT2D eigenvalue weighted by Crippen LogP contribution is 2.26. The van der Waals surface area contributed by atoms with Crippen LogP contribution < -0.4 is 9.47 Å². The summed E-state index contributed by atoms with van der Waals surface area (Å²) < 4.78 is 15.6. The van der Waals surface area contributed by atoms with E-state index in [0.29, 0.717) is 23.7 Å². The number of aromatic carboxylic acids is 1. The van der Waals surface area contributed by atoms with E-state index in [9.17, 15) is 9.90 Å². The van der Waals surface area contributed by atoms with Gasteiger partial charge in [-0.25, -0.2) is 9.42 Å². The molecule has 0 radical (unpaired) electrons. The van der Waals surface area contributed by atoms with Gasteiger partial charge in [-0.1, -0.05) is 17.2 Å². The molecule has 0 bridgehead atoms. The van der Waals surface area contributed by atoms with E-state index >= 15 is 0 Å². The summed E-state index contributed by atoms with van der Waals surface area (Å²) in [6.45, 7) is 4.35. The molecule has 0 aliphatic carbocycles. The van der Waals surface area contributed by atoms with E-state index in [1.54, 1.807) is 19.1 Å². The first-order valence-electron chi connectivity index (χ1n) is 6.52. The second-order valence-electron chi connectivity index (χ2n) is 4.40. The van der Waals surface area contributed by atoms with Crippen LogP contribution in [0.1, 0.15) is 35.1 Å². The number of rotatable bonds is 7. The number of hydrogen-bond donors (Lipinski definition) is 1. The number of carboxylic acids is 1. The summed E-state index contributed by atoms with van der Waals surface area (Å²) >= 11 is 0. The van der Waals surface area contributed by atoms with Gasteiger partial charge in [0.1, 0.15) is 35.1 Å². The first kappa shape index (κ1) is 14.8. The minimum Gasteiger partial charge on any atom is -0.493 e. The molecule has 0 unspecified atom stereocenters. The SMILES string of the molecule is CCCOc1ccc(C(=O)O)c(OCc2nonc2C)c1. The van der Waals surface area contributed by atoms with E-state index in [-0.39, 0.29) is 17.9 Å². The Balaban J connectivity index is 2.17. The Morgan fingerprint density at radius 1 is 1.33 bits per heavy atom. The van der Waals surface area contributed by atoms with Crippen LogP contribution in [0.25, 0.3) is 0 Å². The van der Waals surface area contributed by atoms with Crippen LogP contribution in [-0.4, -0.2) is 28.0 Å². The standard InChI is InChI=1S/C14H16N2O5/c1-3-6-19-10-4-5-11(14(17)18)13(7-10)20-8-12-9(2)15-21-16-12/h4-5,7H,3,6,8H2,1-2H3,(H,17,18). The molecule has 1 heterocycles. The molecule has 0 aliphatic heterocycles. The van der Waals surface area contributed by atoms with Gasteiger partial charge in [-0.3, -0.25) is 0 Å². The van der Waals surface area contributed by atoms with Gasteiger partial charge in [-0.2, -0.15) is 0 Å². The molecule has 0 spiro atoms. The van der Waals surface area contributed by atoms with E-state index in [1.807, 2.05) is 6.92 Å². The van der Waals surface area contributed by atoms with Crippen molar-refractivity contribution in [3.8, 4) is 11.5 Å². The normalized spacial score (nSPS) is 10.4. The third-order valence-corrected chi connectivity index (χ3v) is 2.77. The molecule has 1 aromatic carbocycles. The van der Waals surface area contributed by atoms with Gasteiger partial charge in [0.25, 0.3) is 0 Å². The molecule has 0 amide bonds. The van der Waals surface area contributed by atoms with Gasteiger partial charge >= 0.3 is 5.97 Å². The summed E-state index contributed by atoms with van der Waals surface area (Å²) in [5, 5.41) is 16.5. The number of ether oxygens (including phenoxy) is 2. The van der Waals surface area contributed by atoms with Gasteiger partial charge in [0.05, 0.1) is 6.61 Å². The van der Waals surface area contributed by atoms with Crippen molar-refractivity contribution in [2.24, 2.45) is 0 Å². The second-order valence-corrected chi connectivity index (χ2v) is 4.40. The molecule has 7 heteroatoms. The maximum atomic E-state index is 11.2. The molecule has 0 atom stereocenters. The Morgan fingerprint density at radius 2 is 2.14 bits per heavy atom. The first-order chi connectivity index (χ1) is 10.1. The topological polar surface area (TPSA) is 94.7 Å². The van der Waals surface area contributed by atoms with Gasteiger partial charge in [0, 0.05) is 6.07 Å². The zero-order valence-corrected chi connectivity index (χ0v) is 11.8. The lowest BCUT2D eigenvalue weighted by Crippen LogP contribution is -2.05. The Bertz CT molecular complexity index is 624. The molecular weight excluding hydrogens is 276 g/mol. The van der Waals surface area contributed by atoms with Crippen molar-refractivity contribution in [2.75, 3.05) is 6.61 Å². The van der Waals surface area contributed by atoms with E-state index < -0.39 is 5.97 Å². The number of benzene rings is 1. The van der Waals surface area contributed by atoms with E-state index in [4.69, 9.17) is 9.47 Å². The Morgan fingerprint density at radius 3 is 2.76 bits per heavy atom. The minimum absolute atomic E-state index is 0.0629. The van der Waals surface area contributed by atoms with Crippen LogP contribution in [0.4, 0.5) is 0 Å². The molecule has 1 aromatic heterocycles. The highest BCUT2D eigenvalue weighted by atomic mass is 16.6. The zero-order chi connectivity index (χ0) is 15.2. The van der Waals surface area contributed by atoms with Crippen LogP contribution in [0, 0.1) is 6.92 Å². The number of hydrogen-bond acceptors (Lipinski definition) is 6.